The Morgan fingerprint density at radius 3 is 1.83 bits per heavy atom. The van der Waals surface area contributed by atoms with Crippen LogP contribution >= 0.6 is 7.82 Å². The predicted octanol–water partition coefficient (Wildman–Crippen LogP) is 10.1. The molecule has 0 amide bonds. The van der Waals surface area contributed by atoms with Gasteiger partial charge in [-0.1, -0.05) is 133 Å². The van der Waals surface area contributed by atoms with Gasteiger partial charge in [-0.15, -0.1) is 0 Å². The van der Waals surface area contributed by atoms with Crippen LogP contribution in [0.25, 0.3) is 0 Å². The van der Waals surface area contributed by atoms with Crippen LogP contribution in [0, 0.1) is 0 Å². The number of carbonyl (C=O) groups is 2. The number of unbranched alkanes of at least 4 members (excludes halogenated alkanes) is 16. The number of ether oxygens (including phenoxy) is 2. The number of nitrogens with two attached hydrogens (primary N) is 1. The van der Waals surface area contributed by atoms with Crippen molar-refractivity contribution < 1.29 is 42.7 Å². The van der Waals surface area contributed by atoms with Crippen molar-refractivity contribution in [3.63, 3.8) is 0 Å². The maximum absolute atomic E-state index is 12.5. The Bertz CT molecular complexity index is 1010. The molecule has 11 heteroatoms. The minimum absolute atomic E-state index is 0.0396. The summed E-state index contributed by atoms with van der Waals surface area (Å²) < 4.78 is 32.6. The molecule has 0 aliphatic carbocycles. The highest BCUT2D eigenvalue weighted by molar-refractivity contribution is 7.47. The van der Waals surface area contributed by atoms with Gasteiger partial charge in [0.05, 0.1) is 19.3 Å². The number of carbonyl (C=O) groups excluding carboxylic acids is 2. The highest BCUT2D eigenvalue weighted by atomic mass is 31.2. The molecule has 0 aromatic heterocycles. The average Bonchev–Trinajstić information content (AvgIpc) is 3.12. The van der Waals surface area contributed by atoms with Crippen LogP contribution in [0.3, 0.4) is 0 Å². The Hall–Kier alpha value is -2.07. The topological polar surface area (TPSA) is 155 Å². The van der Waals surface area contributed by atoms with E-state index < -0.39 is 38.6 Å². The molecule has 302 valence electrons. The summed E-state index contributed by atoms with van der Waals surface area (Å²) in [6.45, 7) is 3.45. The first kappa shape index (κ1) is 49.9. The molecule has 0 radical (unpaired) electrons. The Kier molecular flexibility index (Phi) is 35.8. The number of rotatable bonds is 37. The number of phosphoric ester groups is 1. The SMILES string of the molecule is CC/C=C/CC(O)/C=C/C=C/CCCCCCCC(=O)OC[C@H](COP(=O)(O)OCCN)OC(=O)CCCCCCC/C=C\CCCCCCCC. The number of hydrogen-bond donors (Lipinski definition) is 3. The van der Waals surface area contributed by atoms with Crippen molar-refractivity contribution in [2.24, 2.45) is 5.73 Å². The standard InChI is InChI=1S/C41H74NO9P/c1-3-5-7-8-9-10-11-12-13-14-15-18-22-25-29-33-41(45)51-39(37-50-52(46,47)49-35-34-42)36-48-40(44)32-28-24-21-19-16-17-20-23-27-31-38(43)30-26-6-4-2/h6,12-13,20,23,26-27,31,38-39,43H,3-5,7-11,14-19,21-22,24-25,28-30,32-37,42H2,1-2H3,(H,46,47)/b13-12-,23-20+,26-6+,31-27+/t38?,39-/m1/s1. The largest absolute Gasteiger partial charge is 0.472 e. The predicted molar refractivity (Wildman–Crippen MR) is 212 cm³/mol. The molecule has 0 aliphatic heterocycles. The van der Waals surface area contributed by atoms with Crippen molar-refractivity contribution in [2.75, 3.05) is 26.4 Å². The average molecular weight is 756 g/mol. The molecule has 0 saturated carbocycles. The fourth-order valence-electron chi connectivity index (χ4n) is 5.25. The molecule has 52 heavy (non-hydrogen) atoms. The third kappa shape index (κ3) is 36.3. The zero-order valence-electron chi connectivity index (χ0n) is 32.6. The van der Waals surface area contributed by atoms with E-state index in [9.17, 15) is 24.2 Å². The van der Waals surface area contributed by atoms with Gasteiger partial charge in [-0.25, -0.2) is 4.57 Å². The van der Waals surface area contributed by atoms with Gasteiger partial charge >= 0.3 is 19.8 Å². The van der Waals surface area contributed by atoms with Crippen LogP contribution < -0.4 is 5.73 Å². The number of hydrogen-bond acceptors (Lipinski definition) is 9. The van der Waals surface area contributed by atoms with E-state index in [1.54, 1.807) is 6.08 Å². The minimum Gasteiger partial charge on any atom is -0.462 e. The van der Waals surface area contributed by atoms with Crippen molar-refractivity contribution in [2.45, 2.75) is 174 Å². The summed E-state index contributed by atoms with van der Waals surface area (Å²) in [5, 5.41) is 9.85. The maximum Gasteiger partial charge on any atom is 0.472 e. The van der Waals surface area contributed by atoms with E-state index in [1.165, 1.54) is 44.9 Å². The Morgan fingerprint density at radius 1 is 0.673 bits per heavy atom. The van der Waals surface area contributed by atoms with E-state index in [2.05, 4.69) is 32.1 Å². The van der Waals surface area contributed by atoms with Crippen LogP contribution in [0.5, 0.6) is 0 Å². The van der Waals surface area contributed by atoms with Crippen molar-refractivity contribution >= 4 is 19.8 Å². The first-order chi connectivity index (χ1) is 25.2. The number of esters is 2. The van der Waals surface area contributed by atoms with Crippen molar-refractivity contribution in [3.05, 3.63) is 48.6 Å². The first-order valence-corrected chi connectivity index (χ1v) is 21.7. The zero-order valence-corrected chi connectivity index (χ0v) is 33.5. The molecule has 4 N–H and O–H groups in total. The highest BCUT2D eigenvalue weighted by Gasteiger charge is 2.26. The van der Waals surface area contributed by atoms with Crippen LogP contribution in [-0.4, -0.2) is 60.5 Å². The van der Waals surface area contributed by atoms with Gasteiger partial charge in [-0.3, -0.25) is 18.6 Å². The lowest BCUT2D eigenvalue weighted by atomic mass is 10.1. The monoisotopic (exact) mass is 756 g/mol. The zero-order chi connectivity index (χ0) is 38.4. The smallest absolute Gasteiger partial charge is 0.462 e. The van der Waals surface area contributed by atoms with Crippen molar-refractivity contribution in [1.29, 1.82) is 0 Å². The molecule has 0 rings (SSSR count). The van der Waals surface area contributed by atoms with Gasteiger partial charge in [0.1, 0.15) is 6.61 Å². The molecule has 0 saturated heterocycles. The summed E-state index contributed by atoms with van der Waals surface area (Å²) >= 11 is 0. The van der Waals surface area contributed by atoms with Crippen LogP contribution in [0.2, 0.25) is 0 Å². The molecule has 0 spiro atoms. The summed E-state index contributed by atoms with van der Waals surface area (Å²) in [4.78, 5) is 34.8. The number of allylic oxidation sites excluding steroid dienone is 6. The van der Waals surface area contributed by atoms with Gasteiger partial charge < -0.3 is 25.2 Å². The second-order valence-corrected chi connectivity index (χ2v) is 14.8. The van der Waals surface area contributed by atoms with Crippen LogP contribution in [-0.2, 0) is 32.7 Å². The molecule has 0 heterocycles. The summed E-state index contributed by atoms with van der Waals surface area (Å²) in [7, 11) is -4.39. The maximum atomic E-state index is 12.5. The number of phosphoric acid groups is 1. The van der Waals surface area contributed by atoms with Crippen LogP contribution in [0.1, 0.15) is 162 Å². The van der Waals surface area contributed by atoms with Crippen LogP contribution in [0.4, 0.5) is 0 Å². The fraction of sp³-hybridized carbons (Fsp3) is 0.756. The highest BCUT2D eigenvalue weighted by Crippen LogP contribution is 2.43. The molecular weight excluding hydrogens is 681 g/mol. The second-order valence-electron chi connectivity index (χ2n) is 13.3. The normalized spacial score (nSPS) is 14.5. The van der Waals surface area contributed by atoms with E-state index >= 15 is 0 Å². The van der Waals surface area contributed by atoms with Crippen LogP contribution in [0.15, 0.2) is 48.6 Å². The second kappa shape index (κ2) is 37.3. The van der Waals surface area contributed by atoms with E-state index in [1.807, 2.05) is 24.3 Å². The van der Waals surface area contributed by atoms with E-state index in [0.717, 1.165) is 70.6 Å². The fourth-order valence-corrected chi connectivity index (χ4v) is 6.02. The summed E-state index contributed by atoms with van der Waals surface area (Å²) in [6.07, 6.45) is 37.5. The third-order valence-corrected chi connectivity index (χ3v) is 9.26. The number of aliphatic hydroxyl groups excluding tert-OH is 1. The van der Waals surface area contributed by atoms with Gasteiger partial charge in [-0.2, -0.15) is 0 Å². The van der Waals surface area contributed by atoms with Crippen molar-refractivity contribution in [3.8, 4) is 0 Å². The quantitative estimate of drug-likeness (QED) is 0.0183. The van der Waals surface area contributed by atoms with E-state index in [-0.39, 0.29) is 32.6 Å². The molecule has 0 aromatic rings. The lowest BCUT2D eigenvalue weighted by Crippen LogP contribution is -2.29. The summed E-state index contributed by atoms with van der Waals surface area (Å²) in [6, 6.07) is 0. The Labute approximate surface area is 316 Å². The van der Waals surface area contributed by atoms with Gasteiger partial charge in [0.15, 0.2) is 6.10 Å². The summed E-state index contributed by atoms with van der Waals surface area (Å²) in [5.74, 6) is -0.895. The van der Waals surface area contributed by atoms with E-state index in [0.29, 0.717) is 19.3 Å². The van der Waals surface area contributed by atoms with Crippen molar-refractivity contribution in [1.82, 2.24) is 0 Å². The molecular formula is C41H74NO9P. The van der Waals surface area contributed by atoms with E-state index in [4.69, 9.17) is 24.3 Å². The molecule has 0 aromatic carbocycles. The lowest BCUT2D eigenvalue weighted by molar-refractivity contribution is -0.161. The Morgan fingerprint density at radius 2 is 1.23 bits per heavy atom. The molecule has 2 unspecified atom stereocenters. The molecule has 0 fully saturated rings. The van der Waals surface area contributed by atoms with Gasteiger partial charge in [0.25, 0.3) is 0 Å². The number of aliphatic hydroxyl groups is 1. The lowest BCUT2D eigenvalue weighted by Gasteiger charge is -2.19. The molecule has 0 aliphatic rings. The Balaban J connectivity index is 4.28. The molecule has 3 atom stereocenters. The van der Waals surface area contributed by atoms with Gasteiger partial charge in [-0.05, 0) is 64.2 Å². The molecule has 0 bridgehead atoms. The van der Waals surface area contributed by atoms with Gasteiger partial charge in [0, 0.05) is 19.4 Å². The third-order valence-electron chi connectivity index (χ3n) is 8.28. The minimum atomic E-state index is -4.39. The summed E-state index contributed by atoms with van der Waals surface area (Å²) in [5.41, 5.74) is 5.33. The molecule has 10 nitrogen and oxygen atoms in total. The van der Waals surface area contributed by atoms with Gasteiger partial charge in [0.2, 0.25) is 0 Å². The first-order valence-electron chi connectivity index (χ1n) is 20.2.